The maximum absolute atomic E-state index is 14.8. The van der Waals surface area contributed by atoms with E-state index in [1.165, 1.54) is 0 Å². The van der Waals surface area contributed by atoms with E-state index in [0.717, 1.165) is 25.7 Å². The first-order valence-electron chi connectivity index (χ1n) is 9.96. The Labute approximate surface area is 143 Å². The van der Waals surface area contributed by atoms with Crippen LogP contribution in [0.3, 0.4) is 0 Å². The van der Waals surface area contributed by atoms with E-state index in [0.29, 0.717) is 31.6 Å². The standard InChI is InChI=1S/C20H32F4/c1-11-3-6-13(7-4-11)14-9-10-16(20(24)18(14)22)15-8-5-12(2)17(21)19(15)23/h11-20H,3-10H2,1-2H3. The van der Waals surface area contributed by atoms with Gasteiger partial charge in [-0.25, -0.2) is 17.6 Å². The molecule has 0 aromatic rings. The van der Waals surface area contributed by atoms with Gasteiger partial charge in [-0.3, -0.25) is 0 Å². The smallest absolute Gasteiger partial charge is 0.135 e. The molecule has 3 aliphatic rings. The van der Waals surface area contributed by atoms with Crippen LogP contribution in [0, 0.1) is 35.5 Å². The fraction of sp³-hybridized carbons (Fsp3) is 1.00. The minimum Gasteiger partial charge on any atom is -0.244 e. The number of halogens is 4. The molecule has 8 unspecified atom stereocenters. The van der Waals surface area contributed by atoms with E-state index >= 15 is 0 Å². The van der Waals surface area contributed by atoms with Gasteiger partial charge in [0.15, 0.2) is 0 Å². The zero-order valence-corrected chi connectivity index (χ0v) is 14.9. The van der Waals surface area contributed by atoms with Crippen molar-refractivity contribution in [3.8, 4) is 0 Å². The van der Waals surface area contributed by atoms with Gasteiger partial charge < -0.3 is 0 Å². The van der Waals surface area contributed by atoms with Crippen molar-refractivity contribution in [1.82, 2.24) is 0 Å². The van der Waals surface area contributed by atoms with Gasteiger partial charge in [-0.15, -0.1) is 0 Å². The second-order valence-corrected chi connectivity index (χ2v) is 8.92. The number of hydrogen-bond donors (Lipinski definition) is 0. The molecule has 8 atom stereocenters. The molecule has 0 aliphatic heterocycles. The zero-order valence-electron chi connectivity index (χ0n) is 14.9. The van der Waals surface area contributed by atoms with Crippen LogP contribution in [0.2, 0.25) is 0 Å². The summed E-state index contributed by atoms with van der Waals surface area (Å²) in [5.74, 6) is -0.843. The van der Waals surface area contributed by atoms with Crippen LogP contribution in [-0.4, -0.2) is 24.7 Å². The van der Waals surface area contributed by atoms with Gasteiger partial charge in [0, 0.05) is 0 Å². The molecule has 140 valence electrons. The first-order chi connectivity index (χ1) is 11.4. The Kier molecular flexibility index (Phi) is 5.81. The van der Waals surface area contributed by atoms with Crippen molar-refractivity contribution in [2.24, 2.45) is 35.5 Å². The number of rotatable bonds is 2. The van der Waals surface area contributed by atoms with E-state index < -0.39 is 36.5 Å². The predicted octanol–water partition coefficient (Wildman–Crippen LogP) is 6.24. The van der Waals surface area contributed by atoms with E-state index in [1.807, 2.05) is 0 Å². The largest absolute Gasteiger partial charge is 0.244 e. The summed E-state index contributed by atoms with van der Waals surface area (Å²) < 4.78 is 58.1. The third kappa shape index (κ3) is 3.49. The van der Waals surface area contributed by atoms with Gasteiger partial charge in [-0.2, -0.15) is 0 Å². The van der Waals surface area contributed by atoms with Crippen LogP contribution in [0.1, 0.15) is 65.2 Å². The maximum Gasteiger partial charge on any atom is 0.135 e. The summed E-state index contributed by atoms with van der Waals surface area (Å²) in [6, 6.07) is 0. The average Bonchev–Trinajstić information content (AvgIpc) is 2.57. The van der Waals surface area contributed by atoms with Gasteiger partial charge >= 0.3 is 0 Å². The second-order valence-electron chi connectivity index (χ2n) is 8.92. The molecule has 0 heterocycles. The summed E-state index contributed by atoms with van der Waals surface area (Å²) in [6.45, 7) is 3.93. The Balaban J connectivity index is 1.63. The van der Waals surface area contributed by atoms with Crippen molar-refractivity contribution >= 4 is 0 Å². The topological polar surface area (TPSA) is 0 Å². The van der Waals surface area contributed by atoms with Crippen LogP contribution >= 0.6 is 0 Å². The summed E-state index contributed by atoms with van der Waals surface area (Å²) in [6.07, 6.45) is 0.150. The van der Waals surface area contributed by atoms with E-state index in [4.69, 9.17) is 0 Å². The van der Waals surface area contributed by atoms with Gasteiger partial charge in [-0.05, 0) is 74.0 Å². The van der Waals surface area contributed by atoms with Crippen LogP contribution in [0.25, 0.3) is 0 Å². The molecule has 0 spiro atoms. The van der Waals surface area contributed by atoms with Gasteiger partial charge in [-0.1, -0.05) is 26.7 Å². The highest BCUT2D eigenvalue weighted by Crippen LogP contribution is 2.49. The fourth-order valence-electron chi connectivity index (χ4n) is 5.61. The van der Waals surface area contributed by atoms with E-state index in [9.17, 15) is 17.6 Å². The Morgan fingerprint density at radius 2 is 0.958 bits per heavy atom. The minimum atomic E-state index is -1.63. The lowest BCUT2D eigenvalue weighted by Crippen LogP contribution is -2.49. The Morgan fingerprint density at radius 1 is 0.500 bits per heavy atom. The zero-order chi connectivity index (χ0) is 17.4. The van der Waals surface area contributed by atoms with Gasteiger partial charge in [0.25, 0.3) is 0 Å². The molecule has 3 saturated carbocycles. The quantitative estimate of drug-likeness (QED) is 0.518. The summed E-state index contributed by atoms with van der Waals surface area (Å²) in [5.41, 5.74) is 0. The average molecular weight is 348 g/mol. The molecule has 0 aromatic heterocycles. The lowest BCUT2D eigenvalue weighted by Gasteiger charge is -2.45. The van der Waals surface area contributed by atoms with Crippen LogP contribution in [-0.2, 0) is 0 Å². The summed E-state index contributed by atoms with van der Waals surface area (Å²) in [7, 11) is 0. The van der Waals surface area contributed by atoms with Crippen molar-refractivity contribution in [1.29, 1.82) is 0 Å². The molecule has 0 radical (unpaired) electrons. The molecule has 24 heavy (non-hydrogen) atoms. The molecule has 0 aromatic carbocycles. The first-order valence-corrected chi connectivity index (χ1v) is 9.96. The second kappa shape index (κ2) is 7.53. The third-order valence-corrected chi connectivity index (χ3v) is 7.38. The first kappa shape index (κ1) is 18.5. The Morgan fingerprint density at radius 3 is 1.58 bits per heavy atom. The molecule has 0 bridgehead atoms. The predicted molar refractivity (Wildman–Crippen MR) is 88.8 cm³/mol. The fourth-order valence-corrected chi connectivity index (χ4v) is 5.61. The van der Waals surface area contributed by atoms with Crippen LogP contribution in [0.15, 0.2) is 0 Å². The lowest BCUT2D eigenvalue weighted by atomic mass is 9.63. The molecule has 0 N–H and O–H groups in total. The summed E-state index contributed by atoms with van der Waals surface area (Å²) in [4.78, 5) is 0. The SMILES string of the molecule is CC1CCC(C2CCC(C3CCC(C)C(F)C3F)C(F)C2F)CC1. The summed E-state index contributed by atoms with van der Waals surface area (Å²) in [5, 5.41) is 0. The summed E-state index contributed by atoms with van der Waals surface area (Å²) >= 11 is 0. The van der Waals surface area contributed by atoms with Crippen molar-refractivity contribution in [3.05, 3.63) is 0 Å². The number of alkyl halides is 4. The molecule has 0 nitrogen and oxygen atoms in total. The van der Waals surface area contributed by atoms with Crippen molar-refractivity contribution < 1.29 is 17.6 Å². The van der Waals surface area contributed by atoms with E-state index in [-0.39, 0.29) is 17.8 Å². The van der Waals surface area contributed by atoms with E-state index in [1.54, 1.807) is 6.92 Å². The van der Waals surface area contributed by atoms with Gasteiger partial charge in [0.05, 0.1) is 0 Å². The number of hydrogen-bond acceptors (Lipinski definition) is 0. The molecule has 3 aliphatic carbocycles. The van der Waals surface area contributed by atoms with Crippen LogP contribution < -0.4 is 0 Å². The molecule has 0 amide bonds. The molecule has 0 saturated heterocycles. The van der Waals surface area contributed by atoms with Gasteiger partial charge in [0.1, 0.15) is 24.7 Å². The van der Waals surface area contributed by atoms with Gasteiger partial charge in [0.2, 0.25) is 0 Å². The molecule has 3 rings (SSSR count). The van der Waals surface area contributed by atoms with E-state index in [2.05, 4.69) is 6.92 Å². The third-order valence-electron chi connectivity index (χ3n) is 7.38. The maximum atomic E-state index is 14.8. The Bertz CT molecular complexity index is 406. The molecular formula is C20H32F4. The highest BCUT2D eigenvalue weighted by Gasteiger charge is 2.50. The minimum absolute atomic E-state index is 0.217. The van der Waals surface area contributed by atoms with Crippen LogP contribution in [0.4, 0.5) is 17.6 Å². The lowest BCUT2D eigenvalue weighted by molar-refractivity contribution is -0.0707. The Hall–Kier alpha value is -0.280. The normalized spacial score (nSPS) is 53.8. The molecular weight excluding hydrogens is 316 g/mol. The highest BCUT2D eigenvalue weighted by atomic mass is 19.2. The van der Waals surface area contributed by atoms with Crippen molar-refractivity contribution in [2.75, 3.05) is 0 Å². The molecule has 3 fully saturated rings. The van der Waals surface area contributed by atoms with Crippen LogP contribution in [0.5, 0.6) is 0 Å². The van der Waals surface area contributed by atoms with Crippen molar-refractivity contribution in [2.45, 2.75) is 89.9 Å². The van der Waals surface area contributed by atoms with Crippen molar-refractivity contribution in [3.63, 3.8) is 0 Å². The molecule has 4 heteroatoms. The monoisotopic (exact) mass is 348 g/mol. The highest BCUT2D eigenvalue weighted by molar-refractivity contribution is 4.98.